The first-order valence-electron chi connectivity index (χ1n) is 9.99. The van der Waals surface area contributed by atoms with E-state index in [1.807, 2.05) is 50.2 Å². The van der Waals surface area contributed by atoms with Crippen LogP contribution in [0, 0.1) is 13.8 Å². The number of unbranched alkanes of at least 4 members (excludes halogenated alkanes) is 1. The summed E-state index contributed by atoms with van der Waals surface area (Å²) in [6.07, 6.45) is 1.24. The molecular formula is C23H28N2O3S. The molecule has 0 aliphatic heterocycles. The topological polar surface area (TPSA) is 64.3 Å². The lowest BCUT2D eigenvalue weighted by Crippen LogP contribution is -2.25. The minimum Gasteiger partial charge on any atom is -0.491 e. The molecule has 5 nitrogen and oxygen atoms in total. The Bertz CT molecular complexity index is 1010. The van der Waals surface area contributed by atoms with Gasteiger partial charge in [-0.1, -0.05) is 43.3 Å². The number of aromatic nitrogens is 2. The molecule has 0 amide bonds. The molecule has 0 aliphatic carbocycles. The van der Waals surface area contributed by atoms with Gasteiger partial charge in [-0.15, -0.1) is 0 Å². The number of rotatable bonds is 9. The number of para-hydroxylation sites is 1. The van der Waals surface area contributed by atoms with Crippen molar-refractivity contribution < 1.29 is 9.84 Å². The van der Waals surface area contributed by atoms with Crippen LogP contribution in [-0.4, -0.2) is 33.1 Å². The number of aryl methyl sites for hydroxylation is 2. The Hall–Kier alpha value is -2.31. The maximum Gasteiger partial charge on any atom is 0.262 e. The fourth-order valence-electron chi connectivity index (χ4n) is 3.20. The van der Waals surface area contributed by atoms with E-state index < -0.39 is 6.10 Å². The zero-order chi connectivity index (χ0) is 20.8. The molecule has 1 atom stereocenters. The smallest absolute Gasteiger partial charge is 0.262 e. The normalized spacial score (nSPS) is 12.3. The molecule has 0 fully saturated rings. The number of benzene rings is 2. The largest absolute Gasteiger partial charge is 0.491 e. The van der Waals surface area contributed by atoms with E-state index in [1.165, 1.54) is 11.8 Å². The van der Waals surface area contributed by atoms with Gasteiger partial charge in [0.15, 0.2) is 5.16 Å². The Labute approximate surface area is 175 Å². The minimum absolute atomic E-state index is 0.0208. The molecule has 3 aromatic rings. The van der Waals surface area contributed by atoms with Crippen LogP contribution in [0.1, 0.15) is 30.9 Å². The van der Waals surface area contributed by atoms with Gasteiger partial charge in [0.1, 0.15) is 12.4 Å². The van der Waals surface area contributed by atoms with Crippen molar-refractivity contribution in [1.29, 1.82) is 0 Å². The van der Waals surface area contributed by atoms with Crippen LogP contribution in [0.5, 0.6) is 5.75 Å². The summed E-state index contributed by atoms with van der Waals surface area (Å²) in [5, 5.41) is 11.7. The monoisotopic (exact) mass is 412 g/mol. The third kappa shape index (κ3) is 5.61. The second-order valence-electron chi connectivity index (χ2n) is 7.32. The minimum atomic E-state index is -0.663. The van der Waals surface area contributed by atoms with Crippen molar-refractivity contribution in [1.82, 2.24) is 9.55 Å². The highest BCUT2D eigenvalue weighted by Crippen LogP contribution is 2.20. The van der Waals surface area contributed by atoms with E-state index in [-0.39, 0.29) is 12.2 Å². The summed E-state index contributed by atoms with van der Waals surface area (Å²) in [7, 11) is 0. The lowest BCUT2D eigenvalue weighted by atomic mass is 10.1. The third-order valence-electron chi connectivity index (χ3n) is 4.60. The Balaban J connectivity index is 1.70. The Kier molecular flexibility index (Phi) is 7.34. The average molecular weight is 413 g/mol. The molecule has 0 radical (unpaired) electrons. The molecule has 0 bridgehead atoms. The van der Waals surface area contributed by atoms with Crippen molar-refractivity contribution in [2.75, 3.05) is 12.4 Å². The summed E-state index contributed by atoms with van der Waals surface area (Å²) < 4.78 is 7.48. The van der Waals surface area contributed by atoms with Gasteiger partial charge in [0.2, 0.25) is 0 Å². The summed E-state index contributed by atoms with van der Waals surface area (Å²) in [4.78, 5) is 17.6. The van der Waals surface area contributed by atoms with Crippen LogP contribution >= 0.6 is 11.8 Å². The number of ether oxygens (including phenoxy) is 1. The Morgan fingerprint density at radius 2 is 1.90 bits per heavy atom. The molecule has 0 unspecified atom stereocenters. The molecule has 1 heterocycles. The van der Waals surface area contributed by atoms with Crippen LogP contribution in [0.2, 0.25) is 0 Å². The van der Waals surface area contributed by atoms with Gasteiger partial charge in [0.25, 0.3) is 5.56 Å². The van der Waals surface area contributed by atoms with Crippen molar-refractivity contribution in [2.45, 2.75) is 51.4 Å². The van der Waals surface area contributed by atoms with E-state index in [0.29, 0.717) is 28.4 Å². The van der Waals surface area contributed by atoms with Gasteiger partial charge in [0.05, 0.1) is 17.0 Å². The van der Waals surface area contributed by atoms with Crippen molar-refractivity contribution >= 4 is 22.7 Å². The number of hydrogen-bond donors (Lipinski definition) is 1. The molecule has 1 N–H and O–H groups in total. The van der Waals surface area contributed by atoms with Crippen molar-refractivity contribution in [3.8, 4) is 5.75 Å². The maximum absolute atomic E-state index is 12.9. The first-order chi connectivity index (χ1) is 14.0. The maximum atomic E-state index is 12.9. The number of aliphatic hydroxyl groups excluding tert-OH is 1. The number of nitrogens with zero attached hydrogens (tertiary/aromatic N) is 2. The quantitative estimate of drug-likeness (QED) is 0.418. The van der Waals surface area contributed by atoms with E-state index in [9.17, 15) is 9.90 Å². The zero-order valence-electron chi connectivity index (χ0n) is 17.2. The summed E-state index contributed by atoms with van der Waals surface area (Å²) in [5.41, 5.74) is 2.93. The van der Waals surface area contributed by atoms with Crippen LogP contribution in [0.15, 0.2) is 52.4 Å². The number of hydrogen-bond acceptors (Lipinski definition) is 5. The predicted octanol–water partition coefficient (Wildman–Crippen LogP) is 4.35. The average Bonchev–Trinajstić information content (AvgIpc) is 2.69. The summed E-state index contributed by atoms with van der Waals surface area (Å²) in [6.45, 7) is 6.97. The summed E-state index contributed by atoms with van der Waals surface area (Å²) in [6, 6.07) is 13.4. The van der Waals surface area contributed by atoms with Gasteiger partial charge in [-0.2, -0.15) is 0 Å². The van der Waals surface area contributed by atoms with Gasteiger partial charge in [0, 0.05) is 12.3 Å². The van der Waals surface area contributed by atoms with Crippen LogP contribution in [0.3, 0.4) is 0 Å². The highest BCUT2D eigenvalue weighted by Gasteiger charge is 2.14. The zero-order valence-corrected chi connectivity index (χ0v) is 18.0. The van der Waals surface area contributed by atoms with Crippen LogP contribution in [-0.2, 0) is 6.54 Å². The summed E-state index contributed by atoms with van der Waals surface area (Å²) in [5.74, 6) is 1.16. The third-order valence-corrected chi connectivity index (χ3v) is 5.73. The molecule has 0 spiro atoms. The number of aliphatic hydroxyl groups is 1. The molecule has 2 aromatic carbocycles. The summed E-state index contributed by atoms with van der Waals surface area (Å²) >= 11 is 1.40. The fourth-order valence-corrected chi connectivity index (χ4v) is 4.13. The second-order valence-corrected chi connectivity index (χ2v) is 8.31. The predicted molar refractivity (Wildman–Crippen MR) is 119 cm³/mol. The second kappa shape index (κ2) is 9.94. The fraction of sp³-hybridized carbons (Fsp3) is 0.391. The highest BCUT2D eigenvalue weighted by atomic mass is 32.2. The van der Waals surface area contributed by atoms with Gasteiger partial charge < -0.3 is 9.84 Å². The van der Waals surface area contributed by atoms with Gasteiger partial charge in [-0.3, -0.25) is 9.36 Å². The molecule has 0 aliphatic rings. The van der Waals surface area contributed by atoms with Crippen LogP contribution in [0.4, 0.5) is 0 Å². The van der Waals surface area contributed by atoms with Crippen LogP contribution < -0.4 is 10.3 Å². The van der Waals surface area contributed by atoms with E-state index >= 15 is 0 Å². The van der Waals surface area contributed by atoms with Crippen molar-refractivity contribution in [3.05, 3.63) is 63.9 Å². The van der Waals surface area contributed by atoms with E-state index in [0.717, 1.165) is 29.7 Å². The Morgan fingerprint density at radius 3 is 2.62 bits per heavy atom. The molecule has 6 heteroatoms. The van der Waals surface area contributed by atoms with E-state index in [4.69, 9.17) is 4.74 Å². The highest BCUT2D eigenvalue weighted by molar-refractivity contribution is 7.99. The molecule has 1 aromatic heterocycles. The lowest BCUT2D eigenvalue weighted by molar-refractivity contribution is 0.126. The molecule has 0 saturated carbocycles. The lowest BCUT2D eigenvalue weighted by Gasteiger charge is -2.15. The number of thioether (sulfide) groups is 1. The molecular weight excluding hydrogens is 384 g/mol. The molecule has 3 rings (SSSR count). The van der Waals surface area contributed by atoms with Gasteiger partial charge in [-0.25, -0.2) is 4.98 Å². The van der Waals surface area contributed by atoms with Gasteiger partial charge in [-0.05, 0) is 55.7 Å². The molecule has 154 valence electrons. The van der Waals surface area contributed by atoms with Crippen LogP contribution in [0.25, 0.3) is 10.9 Å². The SMILES string of the molecule is CCCCn1c(SC[C@@H](O)COc2cc(C)cc(C)c2)nc2ccccc2c1=O. The first-order valence-corrected chi connectivity index (χ1v) is 11.0. The first kappa shape index (κ1) is 21.4. The van der Waals surface area contributed by atoms with E-state index in [2.05, 4.69) is 18.0 Å². The van der Waals surface area contributed by atoms with Gasteiger partial charge >= 0.3 is 0 Å². The Morgan fingerprint density at radius 1 is 1.17 bits per heavy atom. The van der Waals surface area contributed by atoms with Crippen molar-refractivity contribution in [2.24, 2.45) is 0 Å². The van der Waals surface area contributed by atoms with Crippen molar-refractivity contribution in [3.63, 3.8) is 0 Å². The standard InChI is InChI=1S/C23H28N2O3S/c1-4-5-10-25-22(27)20-8-6-7-9-21(20)24-23(25)29-15-18(26)14-28-19-12-16(2)11-17(3)13-19/h6-9,11-13,18,26H,4-5,10,14-15H2,1-3H3/t18-/m0/s1. The molecule has 29 heavy (non-hydrogen) atoms. The number of fused-ring (bicyclic) bond motifs is 1. The van der Waals surface area contributed by atoms with E-state index in [1.54, 1.807) is 4.57 Å². The molecule has 0 saturated heterocycles.